The zero-order valence-electron chi connectivity index (χ0n) is 11.3. The van der Waals surface area contributed by atoms with Gasteiger partial charge in [0.2, 0.25) is 0 Å². The van der Waals surface area contributed by atoms with Crippen LogP contribution in [-0.2, 0) is 6.54 Å². The van der Waals surface area contributed by atoms with E-state index >= 15 is 0 Å². The minimum absolute atomic E-state index is 0.621. The van der Waals surface area contributed by atoms with Gasteiger partial charge in [-0.2, -0.15) is 0 Å². The molecule has 1 aliphatic rings. The number of rotatable bonds is 4. The SMILES string of the molecule is CNCc1nc(N2CCC(N(C)C)C2)ccc1Cl. The van der Waals surface area contributed by atoms with Crippen LogP contribution in [0, 0.1) is 0 Å². The normalized spacial score (nSPS) is 19.8. The number of anilines is 1. The minimum atomic E-state index is 0.621. The quantitative estimate of drug-likeness (QED) is 0.899. The maximum Gasteiger partial charge on any atom is 0.129 e. The van der Waals surface area contributed by atoms with Crippen molar-refractivity contribution in [2.45, 2.75) is 19.0 Å². The first kappa shape index (κ1) is 13.6. The summed E-state index contributed by atoms with van der Waals surface area (Å²) in [5.41, 5.74) is 0.921. The molecule has 0 radical (unpaired) electrons. The van der Waals surface area contributed by atoms with E-state index in [-0.39, 0.29) is 0 Å². The summed E-state index contributed by atoms with van der Waals surface area (Å²) in [4.78, 5) is 9.27. The third kappa shape index (κ3) is 2.94. The number of nitrogens with one attached hydrogen (secondary N) is 1. The molecule has 18 heavy (non-hydrogen) atoms. The zero-order chi connectivity index (χ0) is 13.1. The Hall–Kier alpha value is -0.840. The first-order valence-electron chi connectivity index (χ1n) is 6.33. The van der Waals surface area contributed by atoms with Gasteiger partial charge in [0.05, 0.1) is 10.7 Å². The van der Waals surface area contributed by atoms with Crippen LogP contribution >= 0.6 is 11.6 Å². The fraction of sp³-hybridized carbons (Fsp3) is 0.615. The Morgan fingerprint density at radius 3 is 2.89 bits per heavy atom. The highest BCUT2D eigenvalue weighted by atomic mass is 35.5. The third-order valence-electron chi connectivity index (χ3n) is 3.47. The summed E-state index contributed by atoms with van der Waals surface area (Å²) < 4.78 is 0. The maximum absolute atomic E-state index is 6.13. The molecule has 1 N–H and O–H groups in total. The Morgan fingerprint density at radius 2 is 2.28 bits per heavy atom. The highest BCUT2D eigenvalue weighted by Crippen LogP contribution is 2.23. The van der Waals surface area contributed by atoms with Crippen molar-refractivity contribution < 1.29 is 0 Å². The van der Waals surface area contributed by atoms with E-state index < -0.39 is 0 Å². The number of likely N-dealkylation sites (N-methyl/N-ethyl adjacent to an activating group) is 1. The van der Waals surface area contributed by atoms with E-state index in [1.54, 1.807) is 0 Å². The number of halogens is 1. The van der Waals surface area contributed by atoms with Gasteiger partial charge in [-0.25, -0.2) is 4.98 Å². The van der Waals surface area contributed by atoms with Crippen LogP contribution in [0.3, 0.4) is 0 Å². The van der Waals surface area contributed by atoms with Gasteiger partial charge >= 0.3 is 0 Å². The fourth-order valence-corrected chi connectivity index (χ4v) is 2.48. The maximum atomic E-state index is 6.13. The molecule has 2 heterocycles. The van der Waals surface area contributed by atoms with E-state index in [1.165, 1.54) is 6.42 Å². The topological polar surface area (TPSA) is 31.4 Å². The number of hydrogen-bond donors (Lipinski definition) is 1. The Bertz CT molecular complexity index is 408. The molecule has 0 amide bonds. The van der Waals surface area contributed by atoms with Gasteiger partial charge < -0.3 is 15.1 Å². The molecule has 1 unspecified atom stereocenters. The van der Waals surface area contributed by atoms with E-state index in [0.29, 0.717) is 12.6 Å². The number of aromatic nitrogens is 1. The molecule has 0 bridgehead atoms. The Labute approximate surface area is 114 Å². The molecule has 5 heteroatoms. The summed E-state index contributed by atoms with van der Waals surface area (Å²) in [6.45, 7) is 2.81. The lowest BCUT2D eigenvalue weighted by molar-refractivity contribution is 0.315. The van der Waals surface area contributed by atoms with Crippen LogP contribution in [0.4, 0.5) is 5.82 Å². The Morgan fingerprint density at radius 1 is 1.50 bits per heavy atom. The summed E-state index contributed by atoms with van der Waals surface area (Å²) in [5.74, 6) is 1.04. The van der Waals surface area contributed by atoms with E-state index in [4.69, 9.17) is 11.6 Å². The molecule has 0 saturated carbocycles. The van der Waals surface area contributed by atoms with Gasteiger partial charge in [-0.1, -0.05) is 11.6 Å². The fourth-order valence-electron chi connectivity index (χ4n) is 2.31. The molecule has 1 aromatic rings. The average molecular weight is 269 g/mol. The summed E-state index contributed by atoms with van der Waals surface area (Å²) in [6, 6.07) is 4.58. The molecule has 1 saturated heterocycles. The van der Waals surface area contributed by atoms with Gasteiger partial charge in [0, 0.05) is 25.7 Å². The molecule has 0 aromatic carbocycles. The molecule has 1 fully saturated rings. The molecule has 1 aromatic heterocycles. The molecule has 1 atom stereocenters. The van der Waals surface area contributed by atoms with Crippen molar-refractivity contribution in [3.63, 3.8) is 0 Å². The largest absolute Gasteiger partial charge is 0.355 e. The lowest BCUT2D eigenvalue weighted by Gasteiger charge is -2.21. The summed E-state index contributed by atoms with van der Waals surface area (Å²) in [5, 5.41) is 3.83. The third-order valence-corrected chi connectivity index (χ3v) is 3.81. The van der Waals surface area contributed by atoms with Crippen LogP contribution in [0.1, 0.15) is 12.1 Å². The first-order chi connectivity index (χ1) is 8.61. The van der Waals surface area contributed by atoms with Crippen LogP contribution in [0.15, 0.2) is 12.1 Å². The highest BCUT2D eigenvalue weighted by molar-refractivity contribution is 6.31. The average Bonchev–Trinajstić information content (AvgIpc) is 2.82. The van der Waals surface area contributed by atoms with E-state index in [1.807, 2.05) is 19.2 Å². The predicted octanol–water partition coefficient (Wildman–Crippen LogP) is 1.59. The lowest BCUT2D eigenvalue weighted by atomic mass is 10.2. The van der Waals surface area contributed by atoms with Crippen LogP contribution in [-0.4, -0.2) is 50.2 Å². The minimum Gasteiger partial charge on any atom is -0.355 e. The van der Waals surface area contributed by atoms with Gasteiger partial charge in [-0.15, -0.1) is 0 Å². The molecular weight excluding hydrogens is 248 g/mol. The van der Waals surface area contributed by atoms with Gasteiger partial charge in [-0.05, 0) is 39.7 Å². The molecule has 0 spiro atoms. The second-order valence-electron chi connectivity index (χ2n) is 4.98. The monoisotopic (exact) mass is 268 g/mol. The van der Waals surface area contributed by atoms with Crippen molar-refractivity contribution in [3.05, 3.63) is 22.8 Å². The van der Waals surface area contributed by atoms with Crippen molar-refractivity contribution in [2.24, 2.45) is 0 Å². The summed E-state index contributed by atoms with van der Waals surface area (Å²) in [6.07, 6.45) is 1.19. The van der Waals surface area contributed by atoms with Crippen molar-refractivity contribution in [3.8, 4) is 0 Å². The standard InChI is InChI=1S/C13H21ClN4/c1-15-8-12-11(14)4-5-13(16-12)18-7-6-10(9-18)17(2)3/h4-5,10,15H,6-9H2,1-3H3. The molecule has 0 aliphatic carbocycles. The summed E-state index contributed by atoms with van der Waals surface area (Å²) >= 11 is 6.13. The number of nitrogens with zero attached hydrogens (tertiary/aromatic N) is 3. The molecule has 1 aliphatic heterocycles. The van der Waals surface area contributed by atoms with E-state index in [2.05, 4.69) is 34.2 Å². The van der Waals surface area contributed by atoms with Crippen LogP contribution < -0.4 is 10.2 Å². The number of hydrogen-bond acceptors (Lipinski definition) is 4. The molecule has 4 nitrogen and oxygen atoms in total. The van der Waals surface area contributed by atoms with Crippen molar-refractivity contribution >= 4 is 17.4 Å². The highest BCUT2D eigenvalue weighted by Gasteiger charge is 2.25. The molecule has 100 valence electrons. The van der Waals surface area contributed by atoms with Crippen molar-refractivity contribution in [1.82, 2.24) is 15.2 Å². The van der Waals surface area contributed by atoms with Crippen molar-refractivity contribution in [1.29, 1.82) is 0 Å². The lowest BCUT2D eigenvalue weighted by Crippen LogP contribution is -2.31. The Kier molecular flexibility index (Phi) is 4.43. The van der Waals surface area contributed by atoms with Crippen LogP contribution in [0.5, 0.6) is 0 Å². The van der Waals surface area contributed by atoms with Gasteiger partial charge in [0.25, 0.3) is 0 Å². The van der Waals surface area contributed by atoms with Gasteiger partial charge in [0.15, 0.2) is 0 Å². The second kappa shape index (κ2) is 5.87. The smallest absolute Gasteiger partial charge is 0.129 e. The zero-order valence-corrected chi connectivity index (χ0v) is 12.0. The number of pyridine rings is 1. The first-order valence-corrected chi connectivity index (χ1v) is 6.71. The van der Waals surface area contributed by atoms with Crippen LogP contribution in [0.2, 0.25) is 5.02 Å². The van der Waals surface area contributed by atoms with Gasteiger partial charge in [0.1, 0.15) is 5.82 Å². The van der Waals surface area contributed by atoms with Crippen LogP contribution in [0.25, 0.3) is 0 Å². The van der Waals surface area contributed by atoms with Gasteiger partial charge in [-0.3, -0.25) is 0 Å². The Balaban J connectivity index is 2.12. The second-order valence-corrected chi connectivity index (χ2v) is 5.39. The van der Waals surface area contributed by atoms with Crippen molar-refractivity contribution in [2.75, 3.05) is 39.1 Å². The summed E-state index contributed by atoms with van der Waals surface area (Å²) in [7, 11) is 6.17. The molecule has 2 rings (SSSR count). The molecular formula is C13H21ClN4. The van der Waals surface area contributed by atoms with E-state index in [9.17, 15) is 0 Å². The van der Waals surface area contributed by atoms with E-state index in [0.717, 1.165) is 29.6 Å². The predicted molar refractivity (Wildman–Crippen MR) is 76.3 cm³/mol.